The van der Waals surface area contributed by atoms with Crippen molar-refractivity contribution in [2.45, 2.75) is 39.3 Å². The lowest BCUT2D eigenvalue weighted by Gasteiger charge is -2.20. The highest BCUT2D eigenvalue weighted by molar-refractivity contribution is 5.27. The second-order valence-corrected chi connectivity index (χ2v) is 5.17. The Morgan fingerprint density at radius 1 is 1.24 bits per heavy atom. The van der Waals surface area contributed by atoms with Crippen LogP contribution in [0.1, 0.15) is 32.8 Å². The SMILES string of the molecule is C=CCCOc1ccc(CNC(C)(C)C)cc1. The molecule has 0 spiro atoms. The molecule has 0 aliphatic rings. The summed E-state index contributed by atoms with van der Waals surface area (Å²) in [7, 11) is 0. The predicted molar refractivity (Wildman–Crippen MR) is 73.3 cm³/mol. The molecule has 0 atom stereocenters. The van der Waals surface area contributed by atoms with E-state index in [1.807, 2.05) is 18.2 Å². The molecule has 0 radical (unpaired) electrons. The first-order valence-corrected chi connectivity index (χ1v) is 6.09. The molecule has 0 saturated carbocycles. The van der Waals surface area contributed by atoms with Crippen LogP contribution in [0.2, 0.25) is 0 Å². The maximum Gasteiger partial charge on any atom is 0.119 e. The number of hydrogen-bond acceptors (Lipinski definition) is 2. The molecular formula is C15H23NO. The molecule has 1 aromatic carbocycles. The lowest BCUT2D eigenvalue weighted by Crippen LogP contribution is -2.35. The van der Waals surface area contributed by atoms with Crippen LogP contribution in [0, 0.1) is 0 Å². The second kappa shape index (κ2) is 6.45. The van der Waals surface area contributed by atoms with E-state index in [0.29, 0.717) is 6.61 Å². The van der Waals surface area contributed by atoms with Crippen molar-refractivity contribution in [2.24, 2.45) is 0 Å². The number of hydrogen-bond donors (Lipinski definition) is 1. The van der Waals surface area contributed by atoms with Gasteiger partial charge in [-0.25, -0.2) is 0 Å². The molecule has 17 heavy (non-hydrogen) atoms. The summed E-state index contributed by atoms with van der Waals surface area (Å²) >= 11 is 0. The van der Waals surface area contributed by atoms with Gasteiger partial charge in [-0.1, -0.05) is 18.2 Å². The van der Waals surface area contributed by atoms with Gasteiger partial charge in [0.05, 0.1) is 6.61 Å². The number of nitrogens with one attached hydrogen (secondary N) is 1. The van der Waals surface area contributed by atoms with E-state index in [-0.39, 0.29) is 5.54 Å². The number of rotatable bonds is 6. The van der Waals surface area contributed by atoms with E-state index in [1.54, 1.807) is 0 Å². The standard InChI is InChI=1S/C15H23NO/c1-5-6-11-17-14-9-7-13(8-10-14)12-16-15(2,3)4/h5,7-10,16H,1,6,11-12H2,2-4H3. The highest BCUT2D eigenvalue weighted by Crippen LogP contribution is 2.13. The van der Waals surface area contributed by atoms with Gasteiger partial charge in [-0.15, -0.1) is 6.58 Å². The minimum Gasteiger partial charge on any atom is -0.493 e. The van der Waals surface area contributed by atoms with Crippen molar-refractivity contribution in [2.75, 3.05) is 6.61 Å². The lowest BCUT2D eigenvalue weighted by atomic mass is 10.1. The first-order chi connectivity index (χ1) is 8.01. The van der Waals surface area contributed by atoms with Crippen LogP contribution in [0.5, 0.6) is 5.75 Å². The smallest absolute Gasteiger partial charge is 0.119 e. The van der Waals surface area contributed by atoms with Crippen LogP contribution in [-0.2, 0) is 6.54 Å². The van der Waals surface area contributed by atoms with E-state index >= 15 is 0 Å². The maximum atomic E-state index is 5.56. The summed E-state index contributed by atoms with van der Waals surface area (Å²) in [6.07, 6.45) is 2.74. The van der Waals surface area contributed by atoms with E-state index < -0.39 is 0 Å². The van der Waals surface area contributed by atoms with Crippen molar-refractivity contribution < 1.29 is 4.74 Å². The van der Waals surface area contributed by atoms with E-state index in [1.165, 1.54) is 5.56 Å². The average Bonchev–Trinajstić information content (AvgIpc) is 2.27. The Kier molecular flexibility index (Phi) is 5.23. The normalized spacial score (nSPS) is 11.2. The highest BCUT2D eigenvalue weighted by atomic mass is 16.5. The molecule has 0 bridgehead atoms. The predicted octanol–water partition coefficient (Wildman–Crippen LogP) is 3.53. The van der Waals surface area contributed by atoms with Gasteiger partial charge < -0.3 is 10.1 Å². The molecule has 0 saturated heterocycles. The van der Waals surface area contributed by atoms with Gasteiger partial charge in [0.25, 0.3) is 0 Å². The number of ether oxygens (including phenoxy) is 1. The van der Waals surface area contributed by atoms with Crippen LogP contribution in [0.25, 0.3) is 0 Å². The fourth-order valence-corrected chi connectivity index (χ4v) is 1.33. The molecular weight excluding hydrogens is 210 g/mol. The molecule has 0 aliphatic heterocycles. The minimum atomic E-state index is 0.152. The Bertz CT molecular complexity index is 335. The third kappa shape index (κ3) is 6.12. The van der Waals surface area contributed by atoms with Crippen molar-refractivity contribution in [1.29, 1.82) is 0 Å². The Labute approximate surface area is 105 Å². The van der Waals surface area contributed by atoms with Gasteiger partial charge in [-0.3, -0.25) is 0 Å². The van der Waals surface area contributed by atoms with Crippen LogP contribution >= 0.6 is 0 Å². The summed E-state index contributed by atoms with van der Waals surface area (Å²) < 4.78 is 5.56. The topological polar surface area (TPSA) is 21.3 Å². The van der Waals surface area contributed by atoms with Gasteiger partial charge in [-0.2, -0.15) is 0 Å². The van der Waals surface area contributed by atoms with Gasteiger partial charge in [0.2, 0.25) is 0 Å². The van der Waals surface area contributed by atoms with E-state index in [2.05, 4.69) is 44.8 Å². The third-order valence-electron chi connectivity index (χ3n) is 2.34. The van der Waals surface area contributed by atoms with E-state index in [0.717, 1.165) is 18.7 Å². The zero-order chi connectivity index (χ0) is 12.7. The zero-order valence-corrected chi connectivity index (χ0v) is 11.1. The fourth-order valence-electron chi connectivity index (χ4n) is 1.33. The van der Waals surface area contributed by atoms with Crippen LogP contribution in [0.3, 0.4) is 0 Å². The molecule has 1 N–H and O–H groups in total. The van der Waals surface area contributed by atoms with Crippen molar-refractivity contribution in [3.05, 3.63) is 42.5 Å². The van der Waals surface area contributed by atoms with Crippen molar-refractivity contribution in [1.82, 2.24) is 5.32 Å². The molecule has 0 fully saturated rings. The molecule has 2 heteroatoms. The van der Waals surface area contributed by atoms with Crippen molar-refractivity contribution >= 4 is 0 Å². The van der Waals surface area contributed by atoms with Crippen LogP contribution < -0.4 is 10.1 Å². The minimum absolute atomic E-state index is 0.152. The first-order valence-electron chi connectivity index (χ1n) is 6.09. The van der Waals surface area contributed by atoms with Crippen LogP contribution in [-0.4, -0.2) is 12.1 Å². The Morgan fingerprint density at radius 3 is 2.41 bits per heavy atom. The molecule has 0 aromatic heterocycles. The fraction of sp³-hybridized carbons (Fsp3) is 0.467. The third-order valence-corrected chi connectivity index (χ3v) is 2.34. The quantitative estimate of drug-likeness (QED) is 0.599. The molecule has 0 heterocycles. The Morgan fingerprint density at radius 2 is 1.88 bits per heavy atom. The van der Waals surface area contributed by atoms with Gasteiger partial charge in [-0.05, 0) is 44.9 Å². The van der Waals surface area contributed by atoms with Gasteiger partial charge in [0.15, 0.2) is 0 Å². The van der Waals surface area contributed by atoms with E-state index in [4.69, 9.17) is 4.74 Å². The largest absolute Gasteiger partial charge is 0.493 e. The lowest BCUT2D eigenvalue weighted by molar-refractivity contribution is 0.325. The maximum absolute atomic E-state index is 5.56. The molecule has 0 amide bonds. The summed E-state index contributed by atoms with van der Waals surface area (Å²) in [4.78, 5) is 0. The molecule has 2 nitrogen and oxygen atoms in total. The molecule has 0 unspecified atom stereocenters. The summed E-state index contributed by atoms with van der Waals surface area (Å²) in [5.41, 5.74) is 1.43. The highest BCUT2D eigenvalue weighted by Gasteiger charge is 2.07. The molecule has 94 valence electrons. The van der Waals surface area contributed by atoms with Gasteiger partial charge >= 0.3 is 0 Å². The Balaban J connectivity index is 2.42. The Hall–Kier alpha value is -1.28. The van der Waals surface area contributed by atoms with Crippen LogP contribution in [0.4, 0.5) is 0 Å². The summed E-state index contributed by atoms with van der Waals surface area (Å²) in [6, 6.07) is 8.23. The average molecular weight is 233 g/mol. The van der Waals surface area contributed by atoms with Gasteiger partial charge in [0.1, 0.15) is 5.75 Å². The second-order valence-electron chi connectivity index (χ2n) is 5.17. The summed E-state index contributed by atoms with van der Waals surface area (Å²) in [6.45, 7) is 11.7. The molecule has 1 rings (SSSR count). The summed E-state index contributed by atoms with van der Waals surface area (Å²) in [5, 5.41) is 3.46. The zero-order valence-electron chi connectivity index (χ0n) is 11.1. The van der Waals surface area contributed by atoms with Crippen molar-refractivity contribution in [3.63, 3.8) is 0 Å². The monoisotopic (exact) mass is 233 g/mol. The van der Waals surface area contributed by atoms with Crippen molar-refractivity contribution in [3.8, 4) is 5.75 Å². The molecule has 1 aromatic rings. The molecule has 0 aliphatic carbocycles. The number of benzene rings is 1. The van der Waals surface area contributed by atoms with E-state index in [9.17, 15) is 0 Å². The van der Waals surface area contributed by atoms with Gasteiger partial charge in [0, 0.05) is 12.1 Å². The van der Waals surface area contributed by atoms with Crippen LogP contribution in [0.15, 0.2) is 36.9 Å². The summed E-state index contributed by atoms with van der Waals surface area (Å²) in [5.74, 6) is 0.923. The first kappa shape index (κ1) is 13.8.